The van der Waals surface area contributed by atoms with Crippen molar-refractivity contribution in [1.29, 1.82) is 0 Å². The van der Waals surface area contributed by atoms with E-state index in [1.807, 2.05) is 24.3 Å². The Kier molecular flexibility index (Phi) is 11.9. The molecule has 1 heterocycles. The molecule has 0 unspecified atom stereocenters. The van der Waals surface area contributed by atoms with Gasteiger partial charge in [-0.15, -0.1) is 0 Å². The van der Waals surface area contributed by atoms with E-state index in [1.54, 1.807) is 12.3 Å². The Bertz CT molecular complexity index is 1320. The van der Waals surface area contributed by atoms with E-state index in [-0.39, 0.29) is 57.7 Å². The van der Waals surface area contributed by atoms with Gasteiger partial charge in [0.2, 0.25) is 5.91 Å². The number of likely N-dealkylation sites (N-methyl/N-ethyl adjacent to an activating group) is 1. The van der Waals surface area contributed by atoms with Gasteiger partial charge >= 0.3 is 13.9 Å². The van der Waals surface area contributed by atoms with Crippen LogP contribution in [0.3, 0.4) is 0 Å². The fourth-order valence-electron chi connectivity index (χ4n) is 3.72. The summed E-state index contributed by atoms with van der Waals surface area (Å²) in [7, 11) is -3.20. The van der Waals surface area contributed by atoms with Gasteiger partial charge in [0.15, 0.2) is 11.6 Å². The van der Waals surface area contributed by atoms with Gasteiger partial charge in [0.1, 0.15) is 12.4 Å². The van der Waals surface area contributed by atoms with Gasteiger partial charge in [-0.1, -0.05) is 43.8 Å². The second-order valence-electron chi connectivity index (χ2n) is 8.48. The Morgan fingerprint density at radius 1 is 1.13 bits per heavy atom. The number of fused-ring (bicyclic) bond motifs is 1. The highest BCUT2D eigenvalue weighted by molar-refractivity contribution is 7.46. The first kappa shape index (κ1) is 31.8. The highest BCUT2D eigenvalue weighted by Crippen LogP contribution is 2.35. The molecule has 1 aromatic heterocycles. The maximum Gasteiger partial charge on any atom is 0.469 e. The molecular weight excluding hydrogens is 535 g/mol. The van der Waals surface area contributed by atoms with Crippen LogP contribution in [0, 0.1) is 11.6 Å². The smallest absolute Gasteiger partial charge is 0.447 e. The lowest BCUT2D eigenvalue weighted by atomic mass is 10.1. The number of hydrogen-bond acceptors (Lipinski definition) is 6. The van der Waals surface area contributed by atoms with Crippen LogP contribution >= 0.6 is 7.82 Å². The minimum atomic E-state index is -4.66. The summed E-state index contributed by atoms with van der Waals surface area (Å²) in [5, 5.41) is 4.28. The predicted molar refractivity (Wildman–Crippen MR) is 142 cm³/mol. The molecule has 0 aliphatic carbocycles. The third-order valence-electron chi connectivity index (χ3n) is 5.79. The monoisotopic (exact) mass is 567 g/mol. The van der Waals surface area contributed by atoms with Crippen LogP contribution in [0.15, 0.2) is 54.7 Å². The first-order valence-electron chi connectivity index (χ1n) is 11.7. The lowest BCUT2D eigenvalue weighted by Crippen LogP contribution is -2.41. The number of aryl methyl sites for hydroxylation is 1. The summed E-state index contributed by atoms with van der Waals surface area (Å²) in [6.07, 6.45) is 0.922. The minimum Gasteiger partial charge on any atom is -0.447 e. The van der Waals surface area contributed by atoms with Gasteiger partial charge in [0, 0.05) is 25.1 Å². The van der Waals surface area contributed by atoms with Crippen molar-refractivity contribution >= 4 is 36.4 Å². The summed E-state index contributed by atoms with van der Waals surface area (Å²) in [5.74, 6) is -2.18. The zero-order valence-electron chi connectivity index (χ0n) is 20.5. The second-order valence-corrected chi connectivity index (χ2v) is 9.72. The van der Waals surface area contributed by atoms with Crippen molar-refractivity contribution in [3.8, 4) is 0 Å². The van der Waals surface area contributed by atoms with Crippen molar-refractivity contribution in [3.05, 3.63) is 71.9 Å². The van der Waals surface area contributed by atoms with Crippen LogP contribution in [-0.2, 0) is 25.0 Å². The van der Waals surface area contributed by atoms with Crippen LogP contribution in [0.5, 0.6) is 0 Å². The standard InChI is InChI=1S/C25H28F2N3O7P.CH4/c1-30(23(31)12-11-17-8-4-10-21(26)24(17)27)20(9-5-13-37-38(33,34)35)16-36-25(32)29-22-14-18-6-2-3-7-19(18)15-28-22;/h2-4,6-8,10,14-15,20H,5,9,11-13,16H2,1H3,(H,28,29,32)(H2,33,34,35);1H4/t20-;/m0./s1. The molecule has 0 saturated heterocycles. The number of halogens is 2. The van der Waals surface area contributed by atoms with E-state index in [1.165, 1.54) is 24.1 Å². The number of phosphoric ester groups is 1. The number of nitrogens with one attached hydrogen (secondary N) is 1. The van der Waals surface area contributed by atoms with Gasteiger partial charge in [-0.05, 0) is 42.3 Å². The van der Waals surface area contributed by atoms with Gasteiger partial charge in [-0.3, -0.25) is 14.6 Å². The molecule has 0 radical (unpaired) electrons. The maximum atomic E-state index is 13.9. The molecule has 0 bridgehead atoms. The van der Waals surface area contributed by atoms with Gasteiger partial charge in [0.25, 0.3) is 0 Å². The topological polar surface area (TPSA) is 138 Å². The summed E-state index contributed by atoms with van der Waals surface area (Å²) in [6.45, 7) is -0.531. The highest BCUT2D eigenvalue weighted by atomic mass is 31.2. The Balaban J connectivity index is 0.00000533. The van der Waals surface area contributed by atoms with Gasteiger partial charge < -0.3 is 19.4 Å². The Morgan fingerprint density at radius 3 is 2.56 bits per heavy atom. The molecule has 212 valence electrons. The number of anilines is 1. The van der Waals surface area contributed by atoms with Crippen molar-refractivity contribution in [2.45, 2.75) is 39.2 Å². The molecule has 3 rings (SSSR count). The number of phosphoric acid groups is 1. The van der Waals surface area contributed by atoms with Crippen molar-refractivity contribution in [2.75, 3.05) is 25.6 Å². The predicted octanol–water partition coefficient (Wildman–Crippen LogP) is 5.05. The highest BCUT2D eigenvalue weighted by Gasteiger charge is 2.23. The molecule has 0 spiro atoms. The van der Waals surface area contributed by atoms with Crippen LogP contribution < -0.4 is 5.32 Å². The lowest BCUT2D eigenvalue weighted by molar-refractivity contribution is -0.133. The van der Waals surface area contributed by atoms with E-state index >= 15 is 0 Å². The molecule has 1 atom stereocenters. The van der Waals surface area contributed by atoms with Crippen molar-refractivity contribution < 1.29 is 42.0 Å². The Hall–Kier alpha value is -3.44. The van der Waals surface area contributed by atoms with Crippen molar-refractivity contribution in [2.24, 2.45) is 0 Å². The normalized spacial score (nSPS) is 11.9. The van der Waals surface area contributed by atoms with E-state index in [0.29, 0.717) is 0 Å². The van der Waals surface area contributed by atoms with E-state index in [0.717, 1.165) is 16.8 Å². The Labute approximate surface area is 225 Å². The molecule has 0 fully saturated rings. The molecular formula is C26H32F2N3O7P. The van der Waals surface area contributed by atoms with Crippen LogP contribution in [0.4, 0.5) is 19.4 Å². The van der Waals surface area contributed by atoms with Crippen molar-refractivity contribution in [1.82, 2.24) is 9.88 Å². The maximum absolute atomic E-state index is 13.9. The number of hydrogen-bond donors (Lipinski definition) is 3. The number of amides is 2. The third-order valence-corrected chi connectivity index (χ3v) is 6.31. The van der Waals surface area contributed by atoms with Gasteiger partial charge in [-0.2, -0.15) is 0 Å². The molecule has 0 saturated carbocycles. The molecule has 2 aromatic carbocycles. The molecule has 3 aromatic rings. The van der Waals surface area contributed by atoms with Crippen LogP contribution in [-0.4, -0.2) is 58.0 Å². The first-order chi connectivity index (χ1) is 18.0. The van der Waals surface area contributed by atoms with Crippen LogP contribution in [0.1, 0.15) is 32.3 Å². The summed E-state index contributed by atoms with van der Waals surface area (Å²) in [4.78, 5) is 48.4. The van der Waals surface area contributed by atoms with E-state index in [9.17, 15) is 22.9 Å². The molecule has 0 aliphatic heterocycles. The fraction of sp³-hybridized carbons (Fsp3) is 0.346. The summed E-state index contributed by atoms with van der Waals surface area (Å²) in [5.41, 5.74) is 0.0526. The number of carbonyl (C=O) groups is 2. The first-order valence-corrected chi connectivity index (χ1v) is 13.2. The molecule has 3 N–H and O–H groups in total. The third kappa shape index (κ3) is 9.99. The number of ether oxygens (including phenoxy) is 1. The largest absolute Gasteiger partial charge is 0.469 e. The number of pyridine rings is 1. The zero-order valence-corrected chi connectivity index (χ0v) is 21.4. The van der Waals surface area contributed by atoms with E-state index in [4.69, 9.17) is 14.5 Å². The fourth-order valence-corrected chi connectivity index (χ4v) is 4.09. The molecule has 2 amide bonds. The zero-order chi connectivity index (χ0) is 27.7. The van der Waals surface area contributed by atoms with E-state index in [2.05, 4.69) is 14.8 Å². The molecule has 10 nitrogen and oxygen atoms in total. The molecule has 39 heavy (non-hydrogen) atoms. The van der Waals surface area contributed by atoms with Crippen LogP contribution in [0.2, 0.25) is 0 Å². The average Bonchev–Trinajstić information content (AvgIpc) is 2.87. The molecule has 0 aliphatic rings. The number of carbonyl (C=O) groups excluding carboxylic acids is 2. The summed E-state index contributed by atoms with van der Waals surface area (Å²) < 4.78 is 48.1. The number of aromatic nitrogens is 1. The van der Waals surface area contributed by atoms with Crippen molar-refractivity contribution in [3.63, 3.8) is 0 Å². The lowest BCUT2D eigenvalue weighted by Gasteiger charge is -2.28. The van der Waals surface area contributed by atoms with Gasteiger partial charge in [-0.25, -0.2) is 23.1 Å². The molecule has 13 heteroatoms. The van der Waals surface area contributed by atoms with Crippen LogP contribution in [0.25, 0.3) is 10.8 Å². The quantitative estimate of drug-likeness (QED) is 0.204. The van der Waals surface area contributed by atoms with Gasteiger partial charge in [0.05, 0.1) is 12.6 Å². The average molecular weight is 568 g/mol. The van der Waals surface area contributed by atoms with E-state index < -0.39 is 37.5 Å². The SMILES string of the molecule is C.CN(C(=O)CCc1cccc(F)c1F)[C@@H](CCCOP(=O)(O)O)COC(=O)Nc1cc2ccccc2cn1. The summed E-state index contributed by atoms with van der Waals surface area (Å²) >= 11 is 0. The Morgan fingerprint density at radius 2 is 1.85 bits per heavy atom. The summed E-state index contributed by atoms with van der Waals surface area (Å²) in [6, 6.07) is 12.2. The number of benzene rings is 2. The minimum absolute atomic E-state index is 0. The number of rotatable bonds is 12. The number of nitrogens with zero attached hydrogens (tertiary/aromatic N) is 2. The second kappa shape index (κ2) is 14.6.